The number of hydrogen-bond acceptors (Lipinski definition) is 4. The second kappa shape index (κ2) is 6.42. The molecule has 1 amide bonds. The van der Waals surface area contributed by atoms with Crippen molar-refractivity contribution >= 4 is 37.8 Å². The van der Waals surface area contributed by atoms with Gasteiger partial charge in [0.1, 0.15) is 5.75 Å². The molecular formula is C15H18BrNO4S. The van der Waals surface area contributed by atoms with Crippen LogP contribution in [0.1, 0.15) is 18.9 Å². The maximum absolute atomic E-state index is 12.0. The van der Waals surface area contributed by atoms with Crippen molar-refractivity contribution in [2.24, 2.45) is 0 Å². The molecule has 120 valence electrons. The van der Waals surface area contributed by atoms with Crippen molar-refractivity contribution in [3.63, 3.8) is 0 Å². The number of nitrogens with one attached hydrogen (secondary N) is 1. The van der Waals surface area contributed by atoms with Crippen LogP contribution >= 0.6 is 15.9 Å². The van der Waals surface area contributed by atoms with Crippen LogP contribution in [0, 0.1) is 0 Å². The Kier molecular flexibility index (Phi) is 4.97. The number of carbonyl (C=O) groups is 1. The molecule has 1 N–H and O–H groups in total. The molecule has 1 heterocycles. The van der Waals surface area contributed by atoms with E-state index >= 15 is 0 Å². The van der Waals surface area contributed by atoms with Gasteiger partial charge in [0.05, 0.1) is 24.2 Å². The van der Waals surface area contributed by atoms with Crippen LogP contribution in [-0.2, 0) is 14.6 Å². The second-order valence-electron chi connectivity index (χ2n) is 5.61. The minimum Gasteiger partial charge on any atom is -0.496 e. The van der Waals surface area contributed by atoms with Crippen LogP contribution < -0.4 is 10.1 Å². The van der Waals surface area contributed by atoms with Gasteiger partial charge in [0.25, 0.3) is 0 Å². The summed E-state index contributed by atoms with van der Waals surface area (Å²) in [6, 6.07) is 5.48. The van der Waals surface area contributed by atoms with Gasteiger partial charge in [0, 0.05) is 16.1 Å². The van der Waals surface area contributed by atoms with E-state index in [1.165, 1.54) is 6.08 Å². The zero-order valence-corrected chi connectivity index (χ0v) is 14.8. The van der Waals surface area contributed by atoms with Gasteiger partial charge in [-0.1, -0.05) is 15.9 Å². The molecule has 1 atom stereocenters. The summed E-state index contributed by atoms with van der Waals surface area (Å²) < 4.78 is 29.2. The minimum absolute atomic E-state index is 0.0141. The first kappa shape index (κ1) is 17.0. The van der Waals surface area contributed by atoms with Crippen molar-refractivity contribution in [2.45, 2.75) is 18.9 Å². The van der Waals surface area contributed by atoms with Gasteiger partial charge >= 0.3 is 0 Å². The lowest BCUT2D eigenvalue weighted by Gasteiger charge is -2.22. The summed E-state index contributed by atoms with van der Waals surface area (Å²) in [6.45, 7) is 1.75. The van der Waals surface area contributed by atoms with Crippen molar-refractivity contribution in [3.8, 4) is 5.75 Å². The molecule has 0 spiro atoms. The highest BCUT2D eigenvalue weighted by Crippen LogP contribution is 2.25. The third-order valence-electron chi connectivity index (χ3n) is 3.53. The van der Waals surface area contributed by atoms with Crippen molar-refractivity contribution < 1.29 is 17.9 Å². The molecule has 22 heavy (non-hydrogen) atoms. The zero-order chi connectivity index (χ0) is 16.4. The lowest BCUT2D eigenvalue weighted by molar-refractivity contribution is -0.117. The van der Waals surface area contributed by atoms with E-state index < -0.39 is 15.4 Å². The molecule has 1 aromatic rings. The summed E-state index contributed by atoms with van der Waals surface area (Å²) in [5, 5.41) is 2.78. The van der Waals surface area contributed by atoms with Crippen LogP contribution in [0.5, 0.6) is 5.75 Å². The number of methoxy groups -OCH3 is 1. The van der Waals surface area contributed by atoms with Crippen LogP contribution in [0.2, 0.25) is 0 Å². The number of sulfone groups is 1. The van der Waals surface area contributed by atoms with Crippen molar-refractivity contribution in [3.05, 3.63) is 34.3 Å². The van der Waals surface area contributed by atoms with E-state index in [4.69, 9.17) is 4.74 Å². The number of carbonyl (C=O) groups excluding carboxylic acids is 1. The SMILES string of the molecule is COc1ccc(Br)cc1/C=C/C(=O)NC1(C)CCS(=O)(=O)C1. The number of rotatable bonds is 4. The first-order valence-electron chi connectivity index (χ1n) is 6.77. The number of hydrogen-bond donors (Lipinski definition) is 1. The first-order chi connectivity index (χ1) is 10.2. The van der Waals surface area contributed by atoms with Gasteiger partial charge in [-0.15, -0.1) is 0 Å². The Morgan fingerprint density at radius 2 is 2.18 bits per heavy atom. The maximum Gasteiger partial charge on any atom is 0.244 e. The van der Waals surface area contributed by atoms with E-state index in [0.717, 1.165) is 10.0 Å². The van der Waals surface area contributed by atoms with E-state index in [1.54, 1.807) is 26.2 Å². The van der Waals surface area contributed by atoms with E-state index in [1.807, 2.05) is 12.1 Å². The van der Waals surface area contributed by atoms with Crippen molar-refractivity contribution in [1.82, 2.24) is 5.32 Å². The monoisotopic (exact) mass is 387 g/mol. The molecule has 0 radical (unpaired) electrons. The molecule has 1 unspecified atom stereocenters. The normalized spacial score (nSPS) is 23.6. The van der Waals surface area contributed by atoms with Gasteiger partial charge in [-0.25, -0.2) is 8.42 Å². The van der Waals surface area contributed by atoms with Crippen LogP contribution in [0.15, 0.2) is 28.7 Å². The molecule has 1 saturated heterocycles. The van der Waals surface area contributed by atoms with E-state index in [-0.39, 0.29) is 17.4 Å². The van der Waals surface area contributed by atoms with Gasteiger partial charge in [-0.05, 0) is 37.6 Å². The van der Waals surface area contributed by atoms with Gasteiger partial charge in [0.15, 0.2) is 9.84 Å². The Morgan fingerprint density at radius 3 is 2.77 bits per heavy atom. The van der Waals surface area contributed by atoms with Crippen molar-refractivity contribution in [2.75, 3.05) is 18.6 Å². The highest BCUT2D eigenvalue weighted by atomic mass is 79.9. The summed E-state index contributed by atoms with van der Waals surface area (Å²) >= 11 is 3.37. The van der Waals surface area contributed by atoms with Crippen LogP contribution in [-0.4, -0.2) is 38.5 Å². The molecule has 1 aliphatic rings. The topological polar surface area (TPSA) is 72.5 Å². The summed E-state index contributed by atoms with van der Waals surface area (Å²) in [7, 11) is -1.49. The van der Waals surface area contributed by atoms with Gasteiger partial charge in [-0.2, -0.15) is 0 Å². The van der Waals surface area contributed by atoms with Gasteiger partial charge in [0.2, 0.25) is 5.91 Å². The molecule has 1 aromatic carbocycles. The summed E-state index contributed by atoms with van der Waals surface area (Å²) in [5.74, 6) is 0.441. The molecule has 0 aliphatic carbocycles. The predicted molar refractivity (Wildman–Crippen MR) is 89.5 cm³/mol. The van der Waals surface area contributed by atoms with Crippen LogP contribution in [0.4, 0.5) is 0 Å². The smallest absolute Gasteiger partial charge is 0.244 e. The molecule has 5 nitrogen and oxygen atoms in total. The molecule has 1 fully saturated rings. The fraction of sp³-hybridized carbons (Fsp3) is 0.400. The molecule has 0 bridgehead atoms. The van der Waals surface area contributed by atoms with E-state index in [0.29, 0.717) is 12.2 Å². The predicted octanol–water partition coefficient (Wildman–Crippen LogP) is 2.16. The first-order valence-corrected chi connectivity index (χ1v) is 9.39. The fourth-order valence-electron chi connectivity index (χ4n) is 2.45. The largest absolute Gasteiger partial charge is 0.496 e. The Morgan fingerprint density at radius 1 is 1.45 bits per heavy atom. The van der Waals surface area contributed by atoms with Crippen molar-refractivity contribution in [1.29, 1.82) is 0 Å². The summed E-state index contributed by atoms with van der Waals surface area (Å²) in [6.07, 6.45) is 3.47. The van der Waals surface area contributed by atoms with Gasteiger partial charge in [-0.3, -0.25) is 4.79 Å². The molecule has 2 rings (SSSR count). The third kappa shape index (κ3) is 4.33. The Labute approximate surface area is 138 Å². The summed E-state index contributed by atoms with van der Waals surface area (Å²) in [4.78, 5) is 12.0. The third-order valence-corrected chi connectivity index (χ3v) is 5.93. The lowest BCUT2D eigenvalue weighted by Crippen LogP contribution is -2.46. The molecule has 1 aliphatic heterocycles. The average Bonchev–Trinajstić information content (AvgIpc) is 2.70. The average molecular weight is 388 g/mol. The Balaban J connectivity index is 2.08. The molecule has 7 heteroatoms. The highest BCUT2D eigenvalue weighted by Gasteiger charge is 2.39. The number of amides is 1. The minimum atomic E-state index is -3.05. The van der Waals surface area contributed by atoms with E-state index in [2.05, 4.69) is 21.2 Å². The molecule has 0 aromatic heterocycles. The van der Waals surface area contributed by atoms with Crippen LogP contribution in [0.3, 0.4) is 0 Å². The van der Waals surface area contributed by atoms with E-state index in [9.17, 15) is 13.2 Å². The number of ether oxygens (including phenoxy) is 1. The molecular weight excluding hydrogens is 370 g/mol. The highest BCUT2D eigenvalue weighted by molar-refractivity contribution is 9.10. The quantitative estimate of drug-likeness (QED) is 0.803. The zero-order valence-electron chi connectivity index (χ0n) is 12.4. The second-order valence-corrected chi connectivity index (χ2v) is 8.71. The fourth-order valence-corrected chi connectivity index (χ4v) is 4.92. The maximum atomic E-state index is 12.0. The number of halogens is 1. The molecule has 0 saturated carbocycles. The Bertz CT molecular complexity index is 714. The number of benzene rings is 1. The van der Waals surface area contributed by atoms with Gasteiger partial charge < -0.3 is 10.1 Å². The van der Waals surface area contributed by atoms with Crippen LogP contribution in [0.25, 0.3) is 6.08 Å². The Hall–Kier alpha value is -1.34. The lowest BCUT2D eigenvalue weighted by atomic mass is 10.0. The standard InChI is InChI=1S/C15H18BrNO4S/c1-15(7-8-22(19,20)10-15)17-14(18)6-3-11-9-12(16)4-5-13(11)21-2/h3-6,9H,7-8,10H2,1-2H3,(H,17,18)/b6-3+. The summed E-state index contributed by atoms with van der Waals surface area (Å²) in [5.41, 5.74) is 0.0675.